The number of aromatic amines is 1. The second-order valence-corrected chi connectivity index (χ2v) is 5.40. The number of H-pyrrole nitrogens is 1. The van der Waals surface area contributed by atoms with Crippen LogP contribution in [0.15, 0.2) is 25.3 Å². The predicted molar refractivity (Wildman–Crippen MR) is 102 cm³/mol. The van der Waals surface area contributed by atoms with Crippen LogP contribution in [-0.4, -0.2) is 76.0 Å². The summed E-state index contributed by atoms with van der Waals surface area (Å²) in [5, 5.41) is 8.74. The fraction of sp³-hybridized carbons (Fsp3) is 0.267. The van der Waals surface area contributed by atoms with Crippen LogP contribution in [0.1, 0.15) is 0 Å². The Balaban J connectivity index is 0.000000239. The van der Waals surface area contributed by atoms with E-state index in [9.17, 15) is 4.79 Å². The molecule has 0 spiro atoms. The van der Waals surface area contributed by atoms with E-state index in [4.69, 9.17) is 16.6 Å². The molecule has 5 rings (SSSR count). The number of aromatic nitrogens is 8. The van der Waals surface area contributed by atoms with Crippen LogP contribution in [0.25, 0.3) is 22.3 Å². The van der Waals surface area contributed by atoms with Crippen molar-refractivity contribution in [2.75, 3.05) is 31.3 Å². The Morgan fingerprint density at radius 2 is 1.71 bits per heavy atom. The molecule has 1 aliphatic rings. The molecule has 160 valence electrons. The predicted octanol–water partition coefficient (Wildman–Crippen LogP) is -3.68. The summed E-state index contributed by atoms with van der Waals surface area (Å²) in [4.78, 5) is 36.0. The molecular weight excluding hydrogens is 423 g/mol. The van der Waals surface area contributed by atoms with Gasteiger partial charge in [0, 0.05) is 6.54 Å². The van der Waals surface area contributed by atoms with Crippen LogP contribution in [0.5, 0.6) is 0 Å². The summed E-state index contributed by atoms with van der Waals surface area (Å²) in [6, 6.07) is 0. The zero-order valence-corrected chi connectivity index (χ0v) is 18.5. The Kier molecular flexibility index (Phi) is 10.5. The molecule has 0 aromatic carbocycles. The van der Waals surface area contributed by atoms with Crippen molar-refractivity contribution in [1.82, 2.24) is 39.5 Å². The normalized spacial score (nSPS) is 11.7. The quantitative estimate of drug-likeness (QED) is 0.173. The minimum Gasteiger partial charge on any atom is -0.870 e. The third-order valence-electron chi connectivity index (χ3n) is 3.55. The maximum Gasteiger partial charge on any atom is 1.00 e. The molecule has 0 saturated carbocycles. The fourth-order valence-corrected chi connectivity index (χ4v) is 2.25. The number of aliphatic hydroxyl groups excluding tert-OH is 1. The van der Waals surface area contributed by atoms with E-state index in [1.165, 1.54) is 19.0 Å². The van der Waals surface area contributed by atoms with Crippen molar-refractivity contribution >= 4 is 40.1 Å². The van der Waals surface area contributed by atoms with Gasteiger partial charge >= 0.3 is 35.7 Å². The molecule has 0 unspecified atom stereocenters. The van der Waals surface area contributed by atoms with Crippen LogP contribution in [-0.2, 0) is 16.0 Å². The fourth-order valence-electron chi connectivity index (χ4n) is 2.25. The third-order valence-corrected chi connectivity index (χ3v) is 3.55. The van der Waals surface area contributed by atoms with Crippen molar-refractivity contribution in [2.24, 2.45) is 0 Å². The first-order valence-corrected chi connectivity index (χ1v) is 8.31. The van der Waals surface area contributed by atoms with Gasteiger partial charge in [-0.25, -0.2) is 34.7 Å². The summed E-state index contributed by atoms with van der Waals surface area (Å²) in [6.45, 7) is 1.35. The van der Waals surface area contributed by atoms with E-state index in [-0.39, 0.29) is 41.6 Å². The second kappa shape index (κ2) is 12.6. The number of ether oxygens (including phenoxy) is 2. The summed E-state index contributed by atoms with van der Waals surface area (Å²) < 4.78 is 10.3. The van der Waals surface area contributed by atoms with Gasteiger partial charge in [-0.05, 0) is 0 Å². The van der Waals surface area contributed by atoms with Crippen LogP contribution < -0.4 is 41.0 Å². The summed E-state index contributed by atoms with van der Waals surface area (Å²) in [7, 11) is 0. The van der Waals surface area contributed by atoms with Gasteiger partial charge in [0.1, 0.15) is 36.9 Å². The Morgan fingerprint density at radius 3 is 2.32 bits per heavy atom. The van der Waals surface area contributed by atoms with Crippen molar-refractivity contribution in [2.45, 2.75) is 6.54 Å². The average Bonchev–Trinajstić information content (AvgIpc) is 3.46. The minimum absolute atomic E-state index is 0. The molecule has 15 nitrogen and oxygen atoms in total. The molecular formula is C15H19N10NaO5. The van der Waals surface area contributed by atoms with Crippen molar-refractivity contribution in [1.29, 1.82) is 0 Å². The maximum absolute atomic E-state index is 9.80. The Morgan fingerprint density at radius 1 is 1.03 bits per heavy atom. The number of nitrogens with one attached hydrogen (secondary N) is 1. The van der Waals surface area contributed by atoms with Gasteiger partial charge in [0.2, 0.25) is 0 Å². The van der Waals surface area contributed by atoms with Crippen molar-refractivity contribution in [3.05, 3.63) is 25.3 Å². The molecule has 1 fully saturated rings. The van der Waals surface area contributed by atoms with E-state index in [0.29, 0.717) is 53.7 Å². The number of carbonyl (C=O) groups is 1. The van der Waals surface area contributed by atoms with Crippen molar-refractivity contribution < 1.29 is 54.4 Å². The van der Waals surface area contributed by atoms with E-state index < -0.39 is 6.16 Å². The first-order valence-electron chi connectivity index (χ1n) is 8.31. The molecule has 0 amide bonds. The number of hydrogen-bond donors (Lipinski definition) is 4. The summed E-state index contributed by atoms with van der Waals surface area (Å²) in [6.07, 6.45) is 5.35. The largest absolute Gasteiger partial charge is 1.00 e. The van der Waals surface area contributed by atoms with E-state index in [1.807, 2.05) is 0 Å². The number of cyclic esters (lactones) is 2. The number of fused-ring (bicyclic) bond motifs is 2. The van der Waals surface area contributed by atoms with Crippen LogP contribution in [0.2, 0.25) is 0 Å². The van der Waals surface area contributed by atoms with Gasteiger partial charge in [-0.3, -0.25) is 0 Å². The van der Waals surface area contributed by atoms with Crippen LogP contribution in [0.4, 0.5) is 16.4 Å². The van der Waals surface area contributed by atoms with Crippen LogP contribution >= 0.6 is 0 Å². The molecule has 4 aromatic heterocycles. The minimum atomic E-state index is -0.546. The van der Waals surface area contributed by atoms with E-state index in [1.54, 1.807) is 10.9 Å². The van der Waals surface area contributed by atoms with Gasteiger partial charge in [-0.15, -0.1) is 0 Å². The van der Waals surface area contributed by atoms with Crippen LogP contribution in [0.3, 0.4) is 0 Å². The van der Waals surface area contributed by atoms with Crippen LogP contribution in [0, 0.1) is 0 Å². The number of anilines is 2. The second-order valence-electron chi connectivity index (χ2n) is 5.40. The summed E-state index contributed by atoms with van der Waals surface area (Å²) in [5.74, 6) is 0.796. The monoisotopic (exact) mass is 442 g/mol. The topological polar surface area (TPSA) is 236 Å². The molecule has 5 heterocycles. The third kappa shape index (κ3) is 6.69. The van der Waals surface area contributed by atoms with Gasteiger partial charge in [0.15, 0.2) is 22.9 Å². The SMILES string of the molecule is Nc1ncnc2c1ncn2CCO.Nc1ncnc2nc[nH]c12.O=C1OCCO1.[Na+].[OH-]. The van der Waals surface area contributed by atoms with Gasteiger partial charge in [-0.2, -0.15) is 0 Å². The van der Waals surface area contributed by atoms with Gasteiger partial charge in [0.25, 0.3) is 0 Å². The maximum atomic E-state index is 9.80. The molecule has 0 atom stereocenters. The number of imidazole rings is 2. The molecule has 0 radical (unpaired) electrons. The Labute approximate surface area is 196 Å². The number of hydrogen-bond acceptors (Lipinski definition) is 13. The number of nitrogens with two attached hydrogens (primary N) is 2. The number of nitrogens with zero attached hydrogens (tertiary/aromatic N) is 7. The zero-order chi connectivity index (χ0) is 20.6. The van der Waals surface area contributed by atoms with E-state index >= 15 is 0 Å². The standard InChI is InChI=1S/C7H9N5O.C5H5N5.C3H4O3.Na.H2O/c8-6-5-7(10-3-9-6)12(1-2-13)4-11-5;6-4-3-5(9-1-7-3)10-2-8-4;4-3-5-1-2-6-3;;/h3-4,13H,1-2H2,(H2,8,9,10);1-2H,(H3,6,7,8,9,10);1-2H2;;1H2/q;;;+1;/p-1. The molecule has 1 aliphatic heterocycles. The van der Waals surface area contributed by atoms with Gasteiger partial charge < -0.3 is 41.1 Å². The molecule has 7 N–H and O–H groups in total. The molecule has 16 heteroatoms. The van der Waals surface area contributed by atoms with E-state index in [2.05, 4.69) is 44.4 Å². The van der Waals surface area contributed by atoms with Gasteiger partial charge in [0.05, 0.1) is 19.3 Å². The zero-order valence-electron chi connectivity index (χ0n) is 16.5. The molecule has 4 aromatic rings. The first kappa shape index (κ1) is 25.9. The number of aliphatic hydroxyl groups is 1. The molecule has 1 saturated heterocycles. The Hall–Kier alpha value is -3.11. The van der Waals surface area contributed by atoms with E-state index in [0.717, 1.165) is 0 Å². The number of carbonyl (C=O) groups excluding carboxylic acids is 1. The summed E-state index contributed by atoms with van der Waals surface area (Å²) >= 11 is 0. The van der Waals surface area contributed by atoms with Gasteiger partial charge in [-0.1, -0.05) is 0 Å². The first-order chi connectivity index (χ1) is 14.1. The number of nitrogen functional groups attached to an aromatic ring is 2. The Bertz CT molecular complexity index is 1100. The molecule has 0 aliphatic carbocycles. The molecule has 0 bridgehead atoms. The van der Waals surface area contributed by atoms with Crippen molar-refractivity contribution in [3.63, 3.8) is 0 Å². The smallest absolute Gasteiger partial charge is 0.870 e. The molecule has 31 heavy (non-hydrogen) atoms. The average molecular weight is 442 g/mol. The summed E-state index contributed by atoms with van der Waals surface area (Å²) in [5.41, 5.74) is 13.6. The number of rotatable bonds is 2. The van der Waals surface area contributed by atoms with Crippen molar-refractivity contribution in [3.8, 4) is 0 Å².